The molecular weight excluding hydrogens is 283 g/mol. The van der Waals surface area contributed by atoms with Gasteiger partial charge >= 0.3 is 11.7 Å². The Morgan fingerprint density at radius 3 is 2.52 bits per heavy atom. The highest BCUT2D eigenvalue weighted by Gasteiger charge is 2.33. The van der Waals surface area contributed by atoms with Crippen LogP contribution in [0.5, 0.6) is 0 Å². The van der Waals surface area contributed by atoms with Gasteiger partial charge < -0.3 is 10.4 Å². The zero-order chi connectivity index (χ0) is 15.6. The van der Waals surface area contributed by atoms with Crippen LogP contribution in [0.4, 0.5) is 15.8 Å². The van der Waals surface area contributed by atoms with E-state index in [2.05, 4.69) is 5.32 Å². The fraction of sp³-hybridized carbons (Fsp3) is 0.385. The van der Waals surface area contributed by atoms with Crippen LogP contribution in [0.2, 0.25) is 0 Å². The fourth-order valence-electron chi connectivity index (χ4n) is 2.42. The number of aliphatic carboxylic acids is 1. The number of halogens is 1. The summed E-state index contributed by atoms with van der Waals surface area (Å²) in [6.07, 6.45) is 1.14. The fourth-order valence-corrected chi connectivity index (χ4v) is 2.42. The van der Waals surface area contributed by atoms with E-state index >= 15 is 0 Å². The molecule has 0 radical (unpaired) electrons. The largest absolute Gasteiger partial charge is 0.481 e. The van der Waals surface area contributed by atoms with Gasteiger partial charge in [-0.25, -0.2) is 0 Å². The first-order valence-electron chi connectivity index (χ1n) is 6.36. The second-order valence-corrected chi connectivity index (χ2v) is 4.96. The van der Waals surface area contributed by atoms with Gasteiger partial charge in [0.05, 0.1) is 10.8 Å². The first kappa shape index (κ1) is 14.9. The SMILES string of the molecule is O=C(O)[C@H]1CC[C@@H](C(=O)Nc2ccc([N+](=O)[O-])c(F)c2)C1. The van der Waals surface area contributed by atoms with E-state index in [0.29, 0.717) is 12.8 Å². The highest BCUT2D eigenvalue weighted by Crippen LogP contribution is 2.32. The molecule has 1 amide bonds. The smallest absolute Gasteiger partial charge is 0.306 e. The Hall–Kier alpha value is -2.51. The molecular formula is C13H13FN2O5. The van der Waals surface area contributed by atoms with Gasteiger partial charge in [-0.2, -0.15) is 4.39 Å². The number of nitrogens with one attached hydrogen (secondary N) is 1. The molecule has 0 saturated heterocycles. The molecule has 2 rings (SSSR count). The second-order valence-electron chi connectivity index (χ2n) is 4.96. The van der Waals surface area contributed by atoms with Crippen molar-refractivity contribution >= 4 is 23.3 Å². The number of carbonyl (C=O) groups is 2. The molecule has 112 valence electrons. The van der Waals surface area contributed by atoms with Crippen LogP contribution >= 0.6 is 0 Å². The summed E-state index contributed by atoms with van der Waals surface area (Å²) in [6.45, 7) is 0. The van der Waals surface area contributed by atoms with Crippen molar-refractivity contribution in [1.82, 2.24) is 0 Å². The molecule has 1 aromatic rings. The quantitative estimate of drug-likeness (QED) is 0.653. The Bertz CT molecular complexity index is 604. The van der Waals surface area contributed by atoms with Gasteiger partial charge in [-0.1, -0.05) is 0 Å². The van der Waals surface area contributed by atoms with Crippen LogP contribution in [-0.2, 0) is 9.59 Å². The van der Waals surface area contributed by atoms with Crippen LogP contribution in [0, 0.1) is 27.8 Å². The van der Waals surface area contributed by atoms with Crippen molar-refractivity contribution in [3.05, 3.63) is 34.1 Å². The summed E-state index contributed by atoms with van der Waals surface area (Å²) in [4.78, 5) is 32.4. The predicted molar refractivity (Wildman–Crippen MR) is 70.2 cm³/mol. The summed E-state index contributed by atoms with van der Waals surface area (Å²) in [7, 11) is 0. The third-order valence-corrected chi connectivity index (χ3v) is 3.56. The summed E-state index contributed by atoms with van der Waals surface area (Å²) in [5, 5.41) is 21.8. The third-order valence-electron chi connectivity index (χ3n) is 3.56. The molecule has 1 aliphatic carbocycles. The molecule has 0 heterocycles. The molecule has 2 N–H and O–H groups in total. The van der Waals surface area contributed by atoms with Gasteiger partial charge in [0.25, 0.3) is 0 Å². The van der Waals surface area contributed by atoms with Crippen molar-refractivity contribution in [2.75, 3.05) is 5.32 Å². The maximum atomic E-state index is 13.4. The summed E-state index contributed by atoms with van der Waals surface area (Å²) in [6, 6.07) is 3.09. The van der Waals surface area contributed by atoms with E-state index in [4.69, 9.17) is 5.11 Å². The molecule has 2 atom stereocenters. The molecule has 1 saturated carbocycles. The van der Waals surface area contributed by atoms with E-state index in [9.17, 15) is 24.1 Å². The Morgan fingerprint density at radius 2 is 2.00 bits per heavy atom. The van der Waals surface area contributed by atoms with Gasteiger partial charge in [-0.05, 0) is 25.3 Å². The van der Waals surface area contributed by atoms with E-state index < -0.39 is 40.1 Å². The summed E-state index contributed by atoms with van der Waals surface area (Å²) in [5.74, 6) is -3.33. The van der Waals surface area contributed by atoms with Crippen LogP contribution in [-0.4, -0.2) is 21.9 Å². The minimum atomic E-state index is -1.03. The van der Waals surface area contributed by atoms with Crippen LogP contribution in [0.15, 0.2) is 18.2 Å². The van der Waals surface area contributed by atoms with Gasteiger partial charge in [0.2, 0.25) is 11.7 Å². The molecule has 8 heteroatoms. The average Bonchev–Trinajstić information content (AvgIpc) is 2.88. The lowest BCUT2D eigenvalue weighted by atomic mass is 10.0. The molecule has 1 aromatic carbocycles. The lowest BCUT2D eigenvalue weighted by Crippen LogP contribution is -2.21. The number of carboxylic acids is 1. The number of hydrogen-bond donors (Lipinski definition) is 2. The van der Waals surface area contributed by atoms with E-state index in [1.54, 1.807) is 0 Å². The van der Waals surface area contributed by atoms with Gasteiger partial charge in [-0.15, -0.1) is 0 Å². The van der Waals surface area contributed by atoms with Crippen molar-refractivity contribution in [1.29, 1.82) is 0 Å². The van der Waals surface area contributed by atoms with Crippen molar-refractivity contribution in [2.24, 2.45) is 11.8 Å². The summed E-state index contributed by atoms with van der Waals surface area (Å²) in [5.41, 5.74) is -0.554. The number of benzene rings is 1. The van der Waals surface area contributed by atoms with Crippen molar-refractivity contribution in [2.45, 2.75) is 19.3 Å². The molecule has 1 fully saturated rings. The minimum absolute atomic E-state index is 0.113. The second kappa shape index (κ2) is 5.86. The van der Waals surface area contributed by atoms with Crippen molar-refractivity contribution in [3.8, 4) is 0 Å². The number of nitro benzene ring substituents is 1. The molecule has 0 bridgehead atoms. The van der Waals surface area contributed by atoms with Gasteiger partial charge in [-0.3, -0.25) is 19.7 Å². The zero-order valence-corrected chi connectivity index (χ0v) is 10.9. The number of nitrogens with zero attached hydrogens (tertiary/aromatic N) is 1. The van der Waals surface area contributed by atoms with Crippen molar-refractivity contribution < 1.29 is 24.0 Å². The van der Waals surface area contributed by atoms with Gasteiger partial charge in [0.15, 0.2) is 0 Å². The monoisotopic (exact) mass is 296 g/mol. The first-order chi connectivity index (χ1) is 9.88. The highest BCUT2D eigenvalue weighted by molar-refractivity contribution is 5.93. The number of hydrogen-bond acceptors (Lipinski definition) is 4. The van der Waals surface area contributed by atoms with Crippen molar-refractivity contribution in [3.63, 3.8) is 0 Å². The van der Waals surface area contributed by atoms with Crippen LogP contribution in [0.25, 0.3) is 0 Å². The Kier molecular flexibility index (Phi) is 4.15. The molecule has 0 aromatic heterocycles. The molecule has 1 aliphatic rings. The lowest BCUT2D eigenvalue weighted by molar-refractivity contribution is -0.387. The standard InChI is InChI=1S/C13H13FN2O5/c14-10-6-9(3-4-11(10)16(20)21)15-12(17)7-1-2-8(5-7)13(18)19/h3-4,6-8H,1-2,5H2,(H,15,17)(H,18,19)/t7-,8+/m1/s1. The van der Waals surface area contributed by atoms with E-state index in [-0.39, 0.29) is 12.1 Å². The predicted octanol–water partition coefficient (Wildman–Crippen LogP) is 2.17. The Labute approximate surface area is 118 Å². The molecule has 0 unspecified atom stereocenters. The number of rotatable bonds is 4. The number of carboxylic acid groups (broad SMARTS) is 1. The number of amides is 1. The summed E-state index contributed by atoms with van der Waals surface area (Å²) < 4.78 is 13.4. The first-order valence-corrected chi connectivity index (χ1v) is 6.36. The molecule has 0 aliphatic heterocycles. The van der Waals surface area contributed by atoms with Gasteiger partial charge in [0, 0.05) is 23.7 Å². The topological polar surface area (TPSA) is 110 Å². The highest BCUT2D eigenvalue weighted by atomic mass is 19.1. The van der Waals surface area contributed by atoms with E-state index in [0.717, 1.165) is 12.1 Å². The maximum absolute atomic E-state index is 13.4. The number of nitro groups is 1. The minimum Gasteiger partial charge on any atom is -0.481 e. The third kappa shape index (κ3) is 3.33. The van der Waals surface area contributed by atoms with Crippen LogP contribution < -0.4 is 5.32 Å². The molecule has 7 nitrogen and oxygen atoms in total. The lowest BCUT2D eigenvalue weighted by Gasteiger charge is -2.10. The van der Waals surface area contributed by atoms with Crippen LogP contribution in [0.3, 0.4) is 0 Å². The molecule has 0 spiro atoms. The Balaban J connectivity index is 2.02. The maximum Gasteiger partial charge on any atom is 0.306 e. The van der Waals surface area contributed by atoms with E-state index in [1.807, 2.05) is 0 Å². The summed E-state index contributed by atoms with van der Waals surface area (Å²) >= 11 is 0. The Morgan fingerprint density at radius 1 is 1.33 bits per heavy atom. The van der Waals surface area contributed by atoms with Crippen LogP contribution in [0.1, 0.15) is 19.3 Å². The average molecular weight is 296 g/mol. The number of anilines is 1. The van der Waals surface area contributed by atoms with E-state index in [1.165, 1.54) is 6.07 Å². The number of carbonyl (C=O) groups excluding carboxylic acids is 1. The molecule has 21 heavy (non-hydrogen) atoms. The normalized spacial score (nSPS) is 21.0. The zero-order valence-electron chi connectivity index (χ0n) is 10.9. The van der Waals surface area contributed by atoms with Gasteiger partial charge in [0.1, 0.15) is 0 Å².